The van der Waals surface area contributed by atoms with E-state index in [1.54, 1.807) is 23.3 Å². The summed E-state index contributed by atoms with van der Waals surface area (Å²) in [5, 5.41) is 0.753. The number of aromatic amines is 1. The van der Waals surface area contributed by atoms with Crippen molar-refractivity contribution in [3.8, 4) is 0 Å². The molecule has 7 heteroatoms. The first-order chi connectivity index (χ1) is 14.6. The Hall–Kier alpha value is -2.51. The van der Waals surface area contributed by atoms with Crippen LogP contribution in [0.1, 0.15) is 34.7 Å². The van der Waals surface area contributed by atoms with Gasteiger partial charge in [-0.3, -0.25) is 9.59 Å². The van der Waals surface area contributed by atoms with Crippen LogP contribution in [0.3, 0.4) is 0 Å². The standard InChI is InChI=1S/C23H27N3O3S/c1-26(16(14-29-2)13-15-7-4-3-5-8-15)20(27)12-11-19-24-22(28)21-17-9-6-10-18(17)30-23(21)25-19/h3-5,7-8,16H,6,9-14H2,1-2H3,(H,24,25,28)/t16-/m0/s1. The molecule has 30 heavy (non-hydrogen) atoms. The van der Waals surface area contributed by atoms with Gasteiger partial charge in [0.2, 0.25) is 5.91 Å². The first kappa shape index (κ1) is 20.8. The Morgan fingerprint density at radius 1 is 1.30 bits per heavy atom. The monoisotopic (exact) mass is 425 g/mol. The summed E-state index contributed by atoms with van der Waals surface area (Å²) in [6.07, 6.45) is 4.57. The molecule has 158 valence electrons. The van der Waals surface area contributed by atoms with Crippen LogP contribution in [0.2, 0.25) is 0 Å². The summed E-state index contributed by atoms with van der Waals surface area (Å²) in [6.45, 7) is 0.471. The fraction of sp³-hybridized carbons (Fsp3) is 0.435. The number of aryl methyl sites for hydroxylation is 3. The summed E-state index contributed by atoms with van der Waals surface area (Å²) < 4.78 is 5.35. The minimum atomic E-state index is -0.0726. The average molecular weight is 426 g/mol. The molecule has 0 saturated heterocycles. The largest absolute Gasteiger partial charge is 0.383 e. The summed E-state index contributed by atoms with van der Waals surface area (Å²) >= 11 is 1.63. The normalized spacial score (nSPS) is 14.1. The number of fused-ring (bicyclic) bond motifs is 3. The van der Waals surface area contributed by atoms with Crippen LogP contribution in [0.15, 0.2) is 35.1 Å². The number of H-pyrrole nitrogens is 1. The number of amides is 1. The predicted octanol–water partition coefficient (Wildman–Crippen LogP) is 3.12. The molecule has 0 unspecified atom stereocenters. The molecule has 1 aromatic carbocycles. The van der Waals surface area contributed by atoms with Crippen LogP contribution in [0, 0.1) is 0 Å². The predicted molar refractivity (Wildman–Crippen MR) is 119 cm³/mol. The van der Waals surface area contributed by atoms with E-state index in [0.717, 1.165) is 35.9 Å². The van der Waals surface area contributed by atoms with Gasteiger partial charge in [-0.25, -0.2) is 4.98 Å². The molecule has 0 bridgehead atoms. The maximum absolute atomic E-state index is 12.8. The number of likely N-dealkylation sites (N-methyl/N-ethyl adjacent to an activating group) is 1. The van der Waals surface area contributed by atoms with E-state index in [1.807, 2.05) is 25.2 Å². The number of carbonyl (C=O) groups is 1. The second-order valence-corrected chi connectivity index (χ2v) is 8.94. The quantitative estimate of drug-likeness (QED) is 0.602. The lowest BCUT2D eigenvalue weighted by atomic mass is 10.0. The van der Waals surface area contributed by atoms with E-state index >= 15 is 0 Å². The van der Waals surface area contributed by atoms with Crippen LogP contribution >= 0.6 is 11.3 Å². The maximum atomic E-state index is 12.8. The zero-order valence-corrected chi connectivity index (χ0v) is 18.3. The van der Waals surface area contributed by atoms with Crippen LogP contribution in [0.25, 0.3) is 10.2 Å². The fourth-order valence-corrected chi connectivity index (χ4v) is 5.44. The molecule has 1 aliphatic rings. The number of methoxy groups -OCH3 is 1. The molecule has 1 aliphatic carbocycles. The molecule has 4 rings (SSSR count). The highest BCUT2D eigenvalue weighted by molar-refractivity contribution is 7.18. The molecule has 1 atom stereocenters. The van der Waals surface area contributed by atoms with Crippen molar-refractivity contribution in [1.82, 2.24) is 14.9 Å². The molecule has 2 aromatic heterocycles. The summed E-state index contributed by atoms with van der Waals surface area (Å²) in [6, 6.07) is 10.1. The summed E-state index contributed by atoms with van der Waals surface area (Å²) in [4.78, 5) is 36.8. The average Bonchev–Trinajstić information content (AvgIpc) is 3.33. The van der Waals surface area contributed by atoms with E-state index in [9.17, 15) is 9.59 Å². The number of benzene rings is 1. The van der Waals surface area contributed by atoms with Gasteiger partial charge in [-0.1, -0.05) is 30.3 Å². The summed E-state index contributed by atoms with van der Waals surface area (Å²) in [7, 11) is 3.47. The second-order valence-electron chi connectivity index (χ2n) is 7.85. The number of hydrogen-bond acceptors (Lipinski definition) is 5. The molecule has 2 heterocycles. The van der Waals surface area contributed by atoms with E-state index in [-0.39, 0.29) is 17.5 Å². The van der Waals surface area contributed by atoms with Gasteiger partial charge < -0.3 is 14.6 Å². The molecular formula is C23H27N3O3S. The fourth-order valence-electron chi connectivity index (χ4n) is 4.16. The molecule has 3 aromatic rings. The minimum absolute atomic E-state index is 0.0180. The van der Waals surface area contributed by atoms with E-state index in [4.69, 9.17) is 4.74 Å². The van der Waals surface area contributed by atoms with Crippen molar-refractivity contribution in [3.63, 3.8) is 0 Å². The molecule has 0 spiro atoms. The van der Waals surface area contributed by atoms with Crippen LogP contribution in [-0.2, 0) is 35.2 Å². The highest BCUT2D eigenvalue weighted by Crippen LogP contribution is 2.34. The Bertz CT molecular complexity index is 1090. The van der Waals surface area contributed by atoms with Gasteiger partial charge in [0.05, 0.1) is 18.0 Å². The van der Waals surface area contributed by atoms with Gasteiger partial charge >= 0.3 is 0 Å². The molecule has 1 N–H and O–H groups in total. The van der Waals surface area contributed by atoms with Gasteiger partial charge in [0.25, 0.3) is 5.56 Å². The summed E-state index contributed by atoms with van der Waals surface area (Å²) in [5.41, 5.74) is 2.27. The van der Waals surface area contributed by atoms with E-state index < -0.39 is 0 Å². The Labute approximate surface area is 179 Å². The number of carbonyl (C=O) groups excluding carboxylic acids is 1. The number of hydrogen-bond donors (Lipinski definition) is 1. The number of aromatic nitrogens is 2. The highest BCUT2D eigenvalue weighted by Gasteiger charge is 2.23. The summed E-state index contributed by atoms with van der Waals surface area (Å²) in [5.74, 6) is 0.602. The van der Waals surface area contributed by atoms with Crippen LogP contribution < -0.4 is 5.56 Å². The zero-order valence-electron chi connectivity index (χ0n) is 17.4. The third-order valence-corrected chi connectivity index (χ3v) is 7.00. The smallest absolute Gasteiger partial charge is 0.259 e. The number of rotatable bonds is 8. The number of ether oxygens (including phenoxy) is 1. The first-order valence-electron chi connectivity index (χ1n) is 10.4. The van der Waals surface area contributed by atoms with Crippen LogP contribution in [0.5, 0.6) is 0 Å². The third kappa shape index (κ3) is 4.32. The lowest BCUT2D eigenvalue weighted by Gasteiger charge is -2.28. The number of nitrogens with one attached hydrogen (secondary N) is 1. The molecule has 0 fully saturated rings. The van der Waals surface area contributed by atoms with Gasteiger partial charge in [-0.15, -0.1) is 11.3 Å². The Morgan fingerprint density at radius 3 is 2.87 bits per heavy atom. The van der Waals surface area contributed by atoms with Crippen molar-refractivity contribution in [1.29, 1.82) is 0 Å². The number of thiophene rings is 1. The van der Waals surface area contributed by atoms with Gasteiger partial charge in [-0.2, -0.15) is 0 Å². The second kappa shape index (κ2) is 9.10. The van der Waals surface area contributed by atoms with Crippen molar-refractivity contribution in [2.45, 2.75) is 44.6 Å². The first-order valence-corrected chi connectivity index (χ1v) is 11.2. The van der Waals surface area contributed by atoms with E-state index in [0.29, 0.717) is 25.3 Å². The molecule has 6 nitrogen and oxygen atoms in total. The third-order valence-electron chi connectivity index (χ3n) is 5.81. The van der Waals surface area contributed by atoms with Crippen molar-refractivity contribution in [2.75, 3.05) is 20.8 Å². The van der Waals surface area contributed by atoms with Gasteiger partial charge in [-0.05, 0) is 36.8 Å². The van der Waals surface area contributed by atoms with Gasteiger partial charge in [0.1, 0.15) is 10.7 Å². The molecule has 0 aliphatic heterocycles. The molecular weight excluding hydrogens is 398 g/mol. The SMILES string of the molecule is COC[C@H](Cc1ccccc1)N(C)C(=O)CCc1nc2sc3c(c2c(=O)[nH]1)CCC3. The van der Waals surface area contributed by atoms with Crippen molar-refractivity contribution < 1.29 is 9.53 Å². The van der Waals surface area contributed by atoms with Crippen LogP contribution in [0.4, 0.5) is 0 Å². The van der Waals surface area contributed by atoms with Gasteiger partial charge in [0.15, 0.2) is 0 Å². The lowest BCUT2D eigenvalue weighted by Crippen LogP contribution is -2.41. The minimum Gasteiger partial charge on any atom is -0.383 e. The van der Waals surface area contributed by atoms with Crippen molar-refractivity contribution >= 4 is 27.5 Å². The molecule has 1 amide bonds. The van der Waals surface area contributed by atoms with Crippen molar-refractivity contribution in [3.05, 3.63) is 62.5 Å². The Balaban J connectivity index is 1.43. The van der Waals surface area contributed by atoms with E-state index in [2.05, 4.69) is 22.1 Å². The van der Waals surface area contributed by atoms with Crippen LogP contribution in [-0.4, -0.2) is 47.6 Å². The van der Waals surface area contributed by atoms with Gasteiger partial charge in [0, 0.05) is 31.9 Å². The van der Waals surface area contributed by atoms with Crippen molar-refractivity contribution in [2.24, 2.45) is 0 Å². The Morgan fingerprint density at radius 2 is 2.10 bits per heavy atom. The maximum Gasteiger partial charge on any atom is 0.259 e. The number of nitrogens with zero attached hydrogens (tertiary/aromatic N) is 2. The molecule has 0 saturated carbocycles. The molecule has 0 radical (unpaired) electrons. The zero-order chi connectivity index (χ0) is 21.1. The van der Waals surface area contributed by atoms with E-state index in [1.165, 1.54) is 16.0 Å². The Kier molecular flexibility index (Phi) is 6.29. The lowest BCUT2D eigenvalue weighted by molar-refractivity contribution is -0.133. The highest BCUT2D eigenvalue weighted by atomic mass is 32.1. The topological polar surface area (TPSA) is 75.3 Å².